The Morgan fingerprint density at radius 2 is 1.67 bits per heavy atom. The van der Waals surface area contributed by atoms with Crippen LogP contribution in [0.3, 0.4) is 0 Å². The molecule has 1 aliphatic rings. The Morgan fingerprint density at radius 1 is 1.10 bits per heavy atom. The molecule has 2 heteroatoms. The molecule has 1 N–H and O–H groups in total. The van der Waals surface area contributed by atoms with Crippen LogP contribution in [-0.4, -0.2) is 29.6 Å². The average Bonchev–Trinajstić information content (AvgIpc) is 2.56. The van der Waals surface area contributed by atoms with Crippen LogP contribution in [0, 0.1) is 11.3 Å². The van der Waals surface area contributed by atoms with E-state index >= 15 is 0 Å². The summed E-state index contributed by atoms with van der Waals surface area (Å²) in [6.45, 7) is 10.2. The first-order valence-corrected chi connectivity index (χ1v) is 8.55. The zero-order chi connectivity index (χ0) is 15.3. The zero-order valence-electron chi connectivity index (χ0n) is 13.9. The molecule has 1 saturated heterocycles. The second kappa shape index (κ2) is 7.42. The molecule has 118 valence electrons. The number of likely N-dealkylation sites (tertiary alicyclic amines) is 1. The van der Waals surface area contributed by atoms with Crippen molar-refractivity contribution in [2.45, 2.75) is 52.6 Å². The molecular weight excluding hydrogens is 258 g/mol. The monoisotopic (exact) mass is 289 g/mol. The fraction of sp³-hybridized carbons (Fsp3) is 0.684. The average molecular weight is 289 g/mol. The zero-order valence-corrected chi connectivity index (χ0v) is 13.9. The van der Waals surface area contributed by atoms with Gasteiger partial charge in [0.2, 0.25) is 0 Å². The number of rotatable bonds is 6. The highest BCUT2D eigenvalue weighted by atomic mass is 16.3. The van der Waals surface area contributed by atoms with Crippen molar-refractivity contribution in [3.8, 4) is 0 Å². The molecule has 2 nitrogen and oxygen atoms in total. The minimum Gasteiger partial charge on any atom is -0.388 e. The minimum atomic E-state index is -0.352. The number of aliphatic hydroxyl groups excluding tert-OH is 1. The summed E-state index contributed by atoms with van der Waals surface area (Å²) in [4.78, 5) is 2.54. The topological polar surface area (TPSA) is 23.5 Å². The van der Waals surface area contributed by atoms with Crippen LogP contribution >= 0.6 is 0 Å². The summed E-state index contributed by atoms with van der Waals surface area (Å²) in [5.41, 5.74) is 1.62. The van der Waals surface area contributed by atoms with Crippen LogP contribution in [0.5, 0.6) is 0 Å². The summed E-state index contributed by atoms with van der Waals surface area (Å²) in [6.07, 6.45) is 4.89. The van der Waals surface area contributed by atoms with Gasteiger partial charge in [-0.3, -0.25) is 0 Å². The van der Waals surface area contributed by atoms with Gasteiger partial charge in [0.05, 0.1) is 6.10 Å². The van der Waals surface area contributed by atoms with Crippen molar-refractivity contribution < 1.29 is 5.11 Å². The van der Waals surface area contributed by atoms with Crippen LogP contribution < -0.4 is 0 Å². The van der Waals surface area contributed by atoms with Crippen LogP contribution in [0.15, 0.2) is 30.3 Å². The fourth-order valence-corrected chi connectivity index (χ4v) is 3.65. The minimum absolute atomic E-state index is 0.281. The Bertz CT molecular complexity index is 403. The van der Waals surface area contributed by atoms with Crippen molar-refractivity contribution in [2.75, 3.05) is 19.6 Å². The van der Waals surface area contributed by atoms with E-state index in [-0.39, 0.29) is 12.0 Å². The van der Waals surface area contributed by atoms with E-state index in [0.29, 0.717) is 5.41 Å². The predicted octanol–water partition coefficient (Wildman–Crippen LogP) is 4.26. The van der Waals surface area contributed by atoms with E-state index in [4.69, 9.17) is 0 Å². The molecule has 0 radical (unpaired) electrons. The Labute approximate surface area is 130 Å². The van der Waals surface area contributed by atoms with Gasteiger partial charge in [-0.25, -0.2) is 0 Å². The molecule has 2 atom stereocenters. The van der Waals surface area contributed by atoms with Crippen molar-refractivity contribution >= 4 is 0 Å². The van der Waals surface area contributed by atoms with E-state index in [9.17, 15) is 5.11 Å². The van der Waals surface area contributed by atoms with Gasteiger partial charge in [0, 0.05) is 6.54 Å². The lowest BCUT2D eigenvalue weighted by Gasteiger charge is -2.42. The van der Waals surface area contributed by atoms with Gasteiger partial charge in [-0.2, -0.15) is 0 Å². The molecule has 1 aromatic rings. The quantitative estimate of drug-likeness (QED) is 0.846. The summed E-state index contributed by atoms with van der Waals surface area (Å²) < 4.78 is 0. The van der Waals surface area contributed by atoms with Crippen molar-refractivity contribution in [3.05, 3.63) is 35.9 Å². The van der Waals surface area contributed by atoms with E-state index in [1.807, 2.05) is 30.3 Å². The summed E-state index contributed by atoms with van der Waals surface area (Å²) in [6, 6.07) is 10.1. The number of nitrogens with zero attached hydrogens (tertiary/aromatic N) is 1. The van der Waals surface area contributed by atoms with Gasteiger partial charge in [0.15, 0.2) is 0 Å². The lowest BCUT2D eigenvalue weighted by Crippen LogP contribution is -2.42. The summed E-state index contributed by atoms with van der Waals surface area (Å²) in [7, 11) is 0. The predicted molar refractivity (Wildman–Crippen MR) is 89.3 cm³/mol. The molecule has 2 unspecified atom stereocenters. The van der Waals surface area contributed by atoms with Gasteiger partial charge in [0.1, 0.15) is 0 Å². The lowest BCUT2D eigenvalue weighted by molar-refractivity contribution is 0.0501. The number of hydrogen-bond donors (Lipinski definition) is 1. The molecule has 21 heavy (non-hydrogen) atoms. The maximum atomic E-state index is 10.5. The van der Waals surface area contributed by atoms with E-state index in [2.05, 4.69) is 25.7 Å². The van der Waals surface area contributed by atoms with Gasteiger partial charge < -0.3 is 10.0 Å². The lowest BCUT2D eigenvalue weighted by atomic mass is 9.74. The molecule has 1 aliphatic heterocycles. The Balaban J connectivity index is 1.86. The van der Waals surface area contributed by atoms with Crippen LogP contribution in [-0.2, 0) is 0 Å². The maximum absolute atomic E-state index is 10.5. The van der Waals surface area contributed by atoms with Gasteiger partial charge in [-0.15, -0.1) is 0 Å². The maximum Gasteiger partial charge on any atom is 0.0827 e. The molecule has 0 bridgehead atoms. The molecule has 1 heterocycles. The van der Waals surface area contributed by atoms with Gasteiger partial charge in [0.25, 0.3) is 0 Å². The Kier molecular flexibility index (Phi) is 5.83. The second-order valence-electron chi connectivity index (χ2n) is 6.84. The molecule has 0 aliphatic carbocycles. The fourth-order valence-electron chi connectivity index (χ4n) is 3.65. The number of benzene rings is 1. The molecule has 0 aromatic heterocycles. The SMILES string of the molecule is CCC1(CC)CCN(CC(C)C(O)c2ccccc2)CC1. The summed E-state index contributed by atoms with van der Waals surface area (Å²) in [5, 5.41) is 10.5. The second-order valence-corrected chi connectivity index (χ2v) is 6.84. The van der Waals surface area contributed by atoms with Gasteiger partial charge >= 0.3 is 0 Å². The first kappa shape index (κ1) is 16.5. The van der Waals surface area contributed by atoms with Crippen LogP contribution in [0.2, 0.25) is 0 Å². The highest BCUT2D eigenvalue weighted by Crippen LogP contribution is 2.38. The molecule has 1 fully saturated rings. The molecule has 0 saturated carbocycles. The van der Waals surface area contributed by atoms with E-state index < -0.39 is 0 Å². The number of piperidine rings is 1. The van der Waals surface area contributed by atoms with Gasteiger partial charge in [-0.05, 0) is 42.8 Å². The third-order valence-electron chi connectivity index (χ3n) is 5.64. The van der Waals surface area contributed by atoms with Crippen molar-refractivity contribution in [2.24, 2.45) is 11.3 Å². The third-order valence-corrected chi connectivity index (χ3v) is 5.64. The molecular formula is C19H31NO. The highest BCUT2D eigenvalue weighted by molar-refractivity contribution is 5.17. The Hall–Kier alpha value is -0.860. The highest BCUT2D eigenvalue weighted by Gasteiger charge is 2.32. The molecule has 2 rings (SSSR count). The number of aliphatic hydroxyl groups is 1. The van der Waals surface area contributed by atoms with Crippen LogP contribution in [0.1, 0.15) is 58.1 Å². The third kappa shape index (κ3) is 4.08. The molecule has 0 amide bonds. The molecule has 1 aromatic carbocycles. The van der Waals surface area contributed by atoms with Gasteiger partial charge in [-0.1, -0.05) is 63.9 Å². The molecule has 0 spiro atoms. The summed E-state index contributed by atoms with van der Waals surface area (Å²) >= 11 is 0. The largest absolute Gasteiger partial charge is 0.388 e. The normalized spacial score (nSPS) is 21.9. The summed E-state index contributed by atoms with van der Waals surface area (Å²) in [5.74, 6) is 0.281. The van der Waals surface area contributed by atoms with Crippen molar-refractivity contribution in [3.63, 3.8) is 0 Å². The smallest absolute Gasteiger partial charge is 0.0827 e. The first-order chi connectivity index (χ1) is 10.1. The van der Waals surface area contributed by atoms with Crippen molar-refractivity contribution in [1.82, 2.24) is 4.90 Å². The first-order valence-electron chi connectivity index (χ1n) is 8.55. The van der Waals surface area contributed by atoms with E-state index in [1.165, 1.54) is 38.8 Å². The van der Waals surface area contributed by atoms with E-state index in [0.717, 1.165) is 12.1 Å². The van der Waals surface area contributed by atoms with E-state index in [1.54, 1.807) is 0 Å². The standard InChI is InChI=1S/C19H31NO/c1-4-19(5-2)11-13-20(14-12-19)15-16(3)18(21)17-9-7-6-8-10-17/h6-10,16,18,21H,4-5,11-15H2,1-3H3. The van der Waals surface area contributed by atoms with Crippen LogP contribution in [0.4, 0.5) is 0 Å². The Morgan fingerprint density at radius 3 is 2.19 bits per heavy atom. The van der Waals surface area contributed by atoms with Crippen LogP contribution in [0.25, 0.3) is 0 Å². The number of hydrogen-bond acceptors (Lipinski definition) is 2. The van der Waals surface area contributed by atoms with Crippen molar-refractivity contribution in [1.29, 1.82) is 0 Å².